The predicted octanol–water partition coefficient (Wildman–Crippen LogP) is 1.06. The Morgan fingerprint density at radius 3 is 2.86 bits per heavy atom. The smallest absolute Gasteiger partial charge is 0.349 e. The quantitative estimate of drug-likeness (QED) is 0.807. The molecule has 1 aromatic heterocycles. The molecule has 22 heavy (non-hydrogen) atoms. The zero-order chi connectivity index (χ0) is 15.9. The van der Waals surface area contributed by atoms with E-state index in [9.17, 15) is 9.59 Å². The van der Waals surface area contributed by atoms with Gasteiger partial charge in [0.1, 0.15) is 18.2 Å². The highest BCUT2D eigenvalue weighted by atomic mass is 16.5. The van der Waals surface area contributed by atoms with Crippen molar-refractivity contribution in [2.45, 2.75) is 0 Å². The molecule has 7 heteroatoms. The Bertz CT molecular complexity index is 712. The fraction of sp³-hybridized carbons (Fsp3) is 0.267. The number of methoxy groups -OCH3 is 1. The highest BCUT2D eigenvalue weighted by molar-refractivity contribution is 6.03. The highest BCUT2D eigenvalue weighted by Crippen LogP contribution is 2.14. The molecule has 116 valence electrons. The molecule has 1 amide bonds. The molecule has 1 N–H and O–H groups in total. The molecular formula is C15H17N3O4. The molecule has 0 aliphatic heterocycles. The van der Waals surface area contributed by atoms with Crippen LogP contribution in [-0.4, -0.2) is 35.8 Å². The average Bonchev–Trinajstić information content (AvgIpc) is 2.51. The minimum absolute atomic E-state index is 0.207. The van der Waals surface area contributed by atoms with Gasteiger partial charge in [-0.2, -0.15) is 4.98 Å². The molecule has 0 aliphatic carbocycles. The van der Waals surface area contributed by atoms with E-state index in [1.807, 2.05) is 0 Å². The molecule has 2 aromatic rings. The Balaban J connectivity index is 2.07. The lowest BCUT2D eigenvalue weighted by Gasteiger charge is -2.08. The molecule has 7 nitrogen and oxygen atoms in total. The van der Waals surface area contributed by atoms with Crippen molar-refractivity contribution in [3.63, 3.8) is 0 Å². The number of rotatable bonds is 6. The average molecular weight is 303 g/mol. The number of hydrogen-bond acceptors (Lipinski definition) is 5. The molecule has 0 bridgehead atoms. The SMILES string of the molecule is COCCOc1cccc(C(=O)Nc2ccn(C)c(=O)n2)c1. The first kappa shape index (κ1) is 15.7. The summed E-state index contributed by atoms with van der Waals surface area (Å²) in [5.74, 6) is 0.415. The lowest BCUT2D eigenvalue weighted by Crippen LogP contribution is -2.22. The van der Waals surface area contributed by atoms with Crippen LogP contribution in [-0.2, 0) is 11.8 Å². The summed E-state index contributed by atoms with van der Waals surface area (Å²) in [7, 11) is 3.17. The molecule has 0 atom stereocenters. The monoisotopic (exact) mass is 303 g/mol. The number of benzene rings is 1. The maximum atomic E-state index is 12.2. The second kappa shape index (κ2) is 7.37. The normalized spacial score (nSPS) is 10.3. The number of anilines is 1. The zero-order valence-electron chi connectivity index (χ0n) is 12.4. The lowest BCUT2D eigenvalue weighted by atomic mass is 10.2. The lowest BCUT2D eigenvalue weighted by molar-refractivity contribution is 0.102. The van der Waals surface area contributed by atoms with Crippen molar-refractivity contribution in [3.05, 3.63) is 52.6 Å². The van der Waals surface area contributed by atoms with Crippen molar-refractivity contribution in [2.75, 3.05) is 25.6 Å². The standard InChI is InChI=1S/C15H17N3O4/c1-18-7-6-13(17-15(18)20)16-14(19)11-4-3-5-12(10-11)22-9-8-21-2/h3-7,10H,8-9H2,1-2H3,(H,16,17,19,20). The topological polar surface area (TPSA) is 82.5 Å². The van der Waals surface area contributed by atoms with Crippen molar-refractivity contribution >= 4 is 11.7 Å². The minimum atomic E-state index is -0.436. The summed E-state index contributed by atoms with van der Waals surface area (Å²) in [5, 5.41) is 2.58. The van der Waals surface area contributed by atoms with Crippen LogP contribution in [0.4, 0.5) is 5.82 Å². The third-order valence-electron chi connectivity index (χ3n) is 2.87. The molecule has 1 heterocycles. The van der Waals surface area contributed by atoms with Crippen molar-refractivity contribution < 1.29 is 14.3 Å². The van der Waals surface area contributed by atoms with E-state index in [4.69, 9.17) is 9.47 Å². The maximum absolute atomic E-state index is 12.2. The Morgan fingerprint density at radius 1 is 1.32 bits per heavy atom. The molecule has 0 saturated carbocycles. The van der Waals surface area contributed by atoms with Crippen molar-refractivity contribution in [1.82, 2.24) is 9.55 Å². The molecular weight excluding hydrogens is 286 g/mol. The van der Waals surface area contributed by atoms with Crippen LogP contribution in [0.3, 0.4) is 0 Å². The van der Waals surface area contributed by atoms with Gasteiger partial charge >= 0.3 is 5.69 Å². The first-order chi connectivity index (χ1) is 10.6. The van der Waals surface area contributed by atoms with Crippen LogP contribution in [0.25, 0.3) is 0 Å². The van der Waals surface area contributed by atoms with Gasteiger partial charge in [-0.3, -0.25) is 4.79 Å². The molecule has 0 aliphatic rings. The van der Waals surface area contributed by atoms with E-state index in [2.05, 4.69) is 10.3 Å². The van der Waals surface area contributed by atoms with Crippen LogP contribution in [0.5, 0.6) is 5.75 Å². The summed E-state index contributed by atoms with van der Waals surface area (Å²) in [5.41, 5.74) is -0.0214. The van der Waals surface area contributed by atoms with Gasteiger partial charge in [-0.05, 0) is 24.3 Å². The van der Waals surface area contributed by atoms with Crippen molar-refractivity contribution in [2.24, 2.45) is 7.05 Å². The van der Waals surface area contributed by atoms with Crippen LogP contribution in [0.15, 0.2) is 41.3 Å². The van der Waals surface area contributed by atoms with Gasteiger partial charge < -0.3 is 19.4 Å². The van der Waals surface area contributed by atoms with Gasteiger partial charge in [0.25, 0.3) is 5.91 Å². The Labute approximate surface area is 127 Å². The van der Waals surface area contributed by atoms with E-state index in [1.54, 1.807) is 44.5 Å². The largest absolute Gasteiger partial charge is 0.491 e. The number of hydrogen-bond donors (Lipinski definition) is 1. The predicted molar refractivity (Wildman–Crippen MR) is 81.2 cm³/mol. The highest BCUT2D eigenvalue weighted by Gasteiger charge is 2.08. The number of carbonyl (C=O) groups excluding carboxylic acids is 1. The number of nitrogens with zero attached hydrogens (tertiary/aromatic N) is 2. The summed E-state index contributed by atoms with van der Waals surface area (Å²) in [4.78, 5) is 27.3. The van der Waals surface area contributed by atoms with Crippen LogP contribution in [0.1, 0.15) is 10.4 Å². The number of aromatic nitrogens is 2. The van der Waals surface area contributed by atoms with Gasteiger partial charge in [-0.25, -0.2) is 4.79 Å². The fourth-order valence-corrected chi connectivity index (χ4v) is 1.69. The Morgan fingerprint density at radius 2 is 2.14 bits per heavy atom. The van der Waals surface area contributed by atoms with E-state index < -0.39 is 5.69 Å². The van der Waals surface area contributed by atoms with Crippen LogP contribution in [0, 0.1) is 0 Å². The van der Waals surface area contributed by atoms with Crippen molar-refractivity contribution in [3.8, 4) is 5.75 Å². The molecule has 0 radical (unpaired) electrons. The number of carbonyl (C=O) groups is 1. The van der Waals surface area contributed by atoms with E-state index in [0.717, 1.165) is 0 Å². The minimum Gasteiger partial charge on any atom is -0.491 e. The maximum Gasteiger partial charge on any atom is 0.349 e. The third kappa shape index (κ3) is 4.16. The Kier molecular flexibility index (Phi) is 5.26. The third-order valence-corrected chi connectivity index (χ3v) is 2.87. The van der Waals surface area contributed by atoms with Gasteiger partial charge in [-0.15, -0.1) is 0 Å². The van der Waals surface area contributed by atoms with E-state index >= 15 is 0 Å². The van der Waals surface area contributed by atoms with E-state index in [0.29, 0.717) is 24.5 Å². The molecule has 1 aromatic carbocycles. The summed E-state index contributed by atoms with van der Waals surface area (Å²) in [6, 6.07) is 8.29. The number of aryl methyl sites for hydroxylation is 1. The van der Waals surface area contributed by atoms with E-state index in [1.165, 1.54) is 10.8 Å². The Hall–Kier alpha value is -2.67. The number of nitrogens with one attached hydrogen (secondary N) is 1. The first-order valence-corrected chi connectivity index (χ1v) is 6.67. The van der Waals surface area contributed by atoms with Gasteiger partial charge in [0, 0.05) is 25.9 Å². The second-order valence-electron chi connectivity index (χ2n) is 4.53. The zero-order valence-corrected chi connectivity index (χ0v) is 12.4. The van der Waals surface area contributed by atoms with Gasteiger partial charge in [0.15, 0.2) is 0 Å². The summed E-state index contributed by atoms with van der Waals surface area (Å²) < 4.78 is 11.7. The second-order valence-corrected chi connectivity index (χ2v) is 4.53. The molecule has 0 fully saturated rings. The van der Waals surface area contributed by atoms with Crippen LogP contribution in [0.2, 0.25) is 0 Å². The van der Waals surface area contributed by atoms with Gasteiger partial charge in [-0.1, -0.05) is 6.07 Å². The fourth-order valence-electron chi connectivity index (χ4n) is 1.69. The molecule has 0 spiro atoms. The van der Waals surface area contributed by atoms with Crippen LogP contribution < -0.4 is 15.7 Å². The molecule has 0 unspecified atom stereocenters. The van der Waals surface area contributed by atoms with Crippen LogP contribution >= 0.6 is 0 Å². The van der Waals surface area contributed by atoms with Gasteiger partial charge in [0.05, 0.1) is 6.61 Å². The van der Waals surface area contributed by atoms with Crippen molar-refractivity contribution in [1.29, 1.82) is 0 Å². The summed E-state index contributed by atoms with van der Waals surface area (Å²) in [6.45, 7) is 0.867. The molecule has 0 saturated heterocycles. The van der Waals surface area contributed by atoms with Gasteiger partial charge in [0.2, 0.25) is 0 Å². The summed E-state index contributed by atoms with van der Waals surface area (Å²) >= 11 is 0. The number of ether oxygens (including phenoxy) is 2. The molecule has 2 rings (SSSR count). The number of amides is 1. The first-order valence-electron chi connectivity index (χ1n) is 6.67. The summed E-state index contributed by atoms with van der Waals surface area (Å²) in [6.07, 6.45) is 1.54. The van der Waals surface area contributed by atoms with E-state index in [-0.39, 0.29) is 11.7 Å².